The van der Waals surface area contributed by atoms with Crippen LogP contribution in [0.2, 0.25) is 0 Å². The lowest BCUT2D eigenvalue weighted by Crippen LogP contribution is -2.46. The van der Waals surface area contributed by atoms with Crippen LogP contribution in [0, 0.1) is 0 Å². The van der Waals surface area contributed by atoms with Gasteiger partial charge >= 0.3 is 0 Å². The Kier molecular flexibility index (Phi) is 6.45. The van der Waals surface area contributed by atoms with E-state index in [2.05, 4.69) is 0 Å². The zero-order valence-corrected chi connectivity index (χ0v) is 14.9. The predicted molar refractivity (Wildman–Crippen MR) is 95.9 cm³/mol. The van der Waals surface area contributed by atoms with Crippen LogP contribution in [0.1, 0.15) is 44.1 Å². The Morgan fingerprint density at radius 2 is 1.96 bits per heavy atom. The van der Waals surface area contributed by atoms with Crippen molar-refractivity contribution >= 4 is 11.8 Å². The molecule has 0 N–H and O–H groups in total. The number of likely N-dealkylation sites (tertiary alicyclic amines) is 2. The van der Waals surface area contributed by atoms with Crippen molar-refractivity contribution in [1.82, 2.24) is 9.80 Å². The summed E-state index contributed by atoms with van der Waals surface area (Å²) in [7, 11) is 0. The molecule has 0 bridgehead atoms. The third-order valence-corrected chi connectivity index (χ3v) is 5.19. The lowest BCUT2D eigenvalue weighted by Gasteiger charge is -2.36. The van der Waals surface area contributed by atoms with E-state index < -0.39 is 0 Å². The molecule has 0 aromatic heterocycles. The van der Waals surface area contributed by atoms with Crippen LogP contribution in [0.4, 0.5) is 0 Å². The Labute approximate surface area is 149 Å². The molecular weight excluding hydrogens is 316 g/mol. The van der Waals surface area contributed by atoms with Crippen LogP contribution >= 0.6 is 0 Å². The van der Waals surface area contributed by atoms with Crippen LogP contribution in [0.15, 0.2) is 30.3 Å². The van der Waals surface area contributed by atoms with Gasteiger partial charge in [0.1, 0.15) is 6.61 Å². The molecule has 25 heavy (non-hydrogen) atoms. The van der Waals surface area contributed by atoms with Gasteiger partial charge in [-0.3, -0.25) is 9.59 Å². The molecule has 0 aliphatic carbocycles. The fourth-order valence-electron chi connectivity index (χ4n) is 3.79. The minimum Gasteiger partial charge on any atom is -0.367 e. The summed E-state index contributed by atoms with van der Waals surface area (Å²) in [4.78, 5) is 28.3. The minimum absolute atomic E-state index is 0.0772. The topological polar surface area (TPSA) is 49.9 Å². The maximum Gasteiger partial charge on any atom is 0.248 e. The molecule has 1 atom stereocenters. The highest BCUT2D eigenvalue weighted by Crippen LogP contribution is 2.21. The van der Waals surface area contributed by atoms with E-state index in [1.807, 2.05) is 40.1 Å². The molecule has 3 rings (SSSR count). The second-order valence-corrected chi connectivity index (χ2v) is 6.99. The zero-order valence-electron chi connectivity index (χ0n) is 14.9. The number of hydrogen-bond acceptors (Lipinski definition) is 3. The second kappa shape index (κ2) is 8.99. The van der Waals surface area contributed by atoms with Crippen molar-refractivity contribution in [3.05, 3.63) is 35.9 Å². The van der Waals surface area contributed by atoms with Crippen molar-refractivity contribution < 1.29 is 14.3 Å². The number of rotatable bonds is 7. The first-order valence-electron chi connectivity index (χ1n) is 9.43. The SMILES string of the molecule is O=C1CCCN1CC[C@H]1CCCCN1C(=O)COCc1ccccc1. The first-order chi connectivity index (χ1) is 12.2. The quantitative estimate of drug-likeness (QED) is 0.764. The number of ether oxygens (including phenoxy) is 1. The van der Waals surface area contributed by atoms with E-state index in [1.54, 1.807) is 0 Å². The van der Waals surface area contributed by atoms with E-state index >= 15 is 0 Å². The molecule has 5 nitrogen and oxygen atoms in total. The molecule has 2 aliphatic rings. The van der Waals surface area contributed by atoms with Gasteiger partial charge in [0, 0.05) is 32.1 Å². The number of benzene rings is 1. The predicted octanol–water partition coefficient (Wildman–Crippen LogP) is 2.60. The maximum atomic E-state index is 12.6. The van der Waals surface area contributed by atoms with Gasteiger partial charge < -0.3 is 14.5 Å². The smallest absolute Gasteiger partial charge is 0.248 e. The van der Waals surface area contributed by atoms with Crippen LogP contribution in [-0.2, 0) is 20.9 Å². The molecule has 1 aromatic carbocycles. The average molecular weight is 344 g/mol. The fraction of sp³-hybridized carbons (Fsp3) is 0.600. The van der Waals surface area contributed by atoms with E-state index in [1.165, 1.54) is 0 Å². The number of piperidine rings is 1. The molecule has 2 amide bonds. The third kappa shape index (κ3) is 5.05. The van der Waals surface area contributed by atoms with E-state index in [-0.39, 0.29) is 24.5 Å². The number of nitrogens with zero attached hydrogens (tertiary/aromatic N) is 2. The summed E-state index contributed by atoms with van der Waals surface area (Å²) in [6.07, 6.45) is 5.79. The first kappa shape index (κ1) is 17.9. The Morgan fingerprint density at radius 3 is 2.72 bits per heavy atom. The highest BCUT2D eigenvalue weighted by atomic mass is 16.5. The van der Waals surface area contributed by atoms with Crippen LogP contribution in [0.3, 0.4) is 0 Å². The first-order valence-corrected chi connectivity index (χ1v) is 9.43. The van der Waals surface area contributed by atoms with Gasteiger partial charge in [0.15, 0.2) is 0 Å². The third-order valence-electron chi connectivity index (χ3n) is 5.19. The summed E-state index contributed by atoms with van der Waals surface area (Å²) >= 11 is 0. The molecule has 2 saturated heterocycles. The zero-order chi connectivity index (χ0) is 17.5. The van der Waals surface area contributed by atoms with Crippen molar-refractivity contribution in [3.63, 3.8) is 0 Å². The second-order valence-electron chi connectivity index (χ2n) is 6.99. The highest BCUT2D eigenvalue weighted by Gasteiger charge is 2.28. The average Bonchev–Trinajstić information content (AvgIpc) is 3.06. The Hall–Kier alpha value is -1.88. The number of carbonyl (C=O) groups is 2. The summed E-state index contributed by atoms with van der Waals surface area (Å²) < 4.78 is 5.62. The molecule has 136 valence electrons. The van der Waals surface area contributed by atoms with Crippen molar-refractivity contribution in [2.45, 2.75) is 51.2 Å². The number of amides is 2. The van der Waals surface area contributed by atoms with Crippen molar-refractivity contribution in [3.8, 4) is 0 Å². The molecule has 2 fully saturated rings. The molecule has 2 heterocycles. The lowest BCUT2D eigenvalue weighted by atomic mass is 9.99. The maximum absolute atomic E-state index is 12.6. The van der Waals surface area contributed by atoms with E-state index in [0.717, 1.165) is 57.3 Å². The van der Waals surface area contributed by atoms with Gasteiger partial charge in [0.05, 0.1) is 6.61 Å². The fourth-order valence-corrected chi connectivity index (χ4v) is 3.79. The van der Waals surface area contributed by atoms with E-state index in [4.69, 9.17) is 4.74 Å². The molecule has 5 heteroatoms. The molecular formula is C20H28N2O3. The number of carbonyl (C=O) groups excluding carboxylic acids is 2. The Balaban J connectivity index is 1.46. The van der Waals surface area contributed by atoms with Gasteiger partial charge in [0.25, 0.3) is 0 Å². The van der Waals surface area contributed by atoms with Crippen LogP contribution in [0.5, 0.6) is 0 Å². The molecule has 2 aliphatic heterocycles. The van der Waals surface area contributed by atoms with Gasteiger partial charge in [-0.1, -0.05) is 30.3 Å². The molecule has 0 spiro atoms. The normalized spacial score (nSPS) is 21.0. The van der Waals surface area contributed by atoms with Crippen molar-refractivity contribution in [1.29, 1.82) is 0 Å². The summed E-state index contributed by atoms with van der Waals surface area (Å²) in [5, 5.41) is 0. The van der Waals surface area contributed by atoms with Gasteiger partial charge in [-0.2, -0.15) is 0 Å². The van der Waals surface area contributed by atoms with Gasteiger partial charge in [-0.15, -0.1) is 0 Å². The lowest BCUT2D eigenvalue weighted by molar-refractivity contribution is -0.140. The van der Waals surface area contributed by atoms with Crippen LogP contribution in [0.25, 0.3) is 0 Å². The van der Waals surface area contributed by atoms with Crippen LogP contribution in [-0.4, -0.2) is 53.9 Å². The molecule has 0 radical (unpaired) electrons. The van der Waals surface area contributed by atoms with Crippen LogP contribution < -0.4 is 0 Å². The Morgan fingerprint density at radius 1 is 1.12 bits per heavy atom. The summed E-state index contributed by atoms with van der Waals surface area (Å²) in [6.45, 7) is 3.06. The highest BCUT2D eigenvalue weighted by molar-refractivity contribution is 5.78. The van der Waals surface area contributed by atoms with Gasteiger partial charge in [-0.05, 0) is 37.7 Å². The summed E-state index contributed by atoms with van der Waals surface area (Å²) in [6, 6.07) is 10.2. The van der Waals surface area contributed by atoms with Crippen molar-refractivity contribution in [2.75, 3.05) is 26.2 Å². The van der Waals surface area contributed by atoms with E-state index in [0.29, 0.717) is 13.0 Å². The van der Waals surface area contributed by atoms with E-state index in [9.17, 15) is 9.59 Å². The van der Waals surface area contributed by atoms with Gasteiger partial charge in [0.2, 0.25) is 11.8 Å². The monoisotopic (exact) mass is 344 g/mol. The number of hydrogen-bond donors (Lipinski definition) is 0. The largest absolute Gasteiger partial charge is 0.367 e. The standard InChI is InChI=1S/C20H28N2O3/c23-19-10-6-12-21(19)14-11-18-9-4-5-13-22(18)20(24)16-25-15-17-7-2-1-3-8-17/h1-3,7-8,18H,4-6,9-16H2/t18-/m1/s1. The minimum atomic E-state index is 0.0772. The molecule has 1 aromatic rings. The summed E-state index contributed by atoms with van der Waals surface area (Å²) in [5.41, 5.74) is 1.08. The molecule has 0 unspecified atom stereocenters. The van der Waals surface area contributed by atoms with Gasteiger partial charge in [-0.25, -0.2) is 0 Å². The summed E-state index contributed by atoms with van der Waals surface area (Å²) in [5.74, 6) is 0.341. The van der Waals surface area contributed by atoms with Crippen molar-refractivity contribution in [2.24, 2.45) is 0 Å². The Bertz CT molecular complexity index is 576. The molecule has 0 saturated carbocycles.